The Balaban J connectivity index is 1.50. The summed E-state index contributed by atoms with van der Waals surface area (Å²) in [5, 5.41) is 12.6. The molecule has 1 aromatic carbocycles. The van der Waals surface area contributed by atoms with Gasteiger partial charge in [-0.05, 0) is 68.3 Å². The molecule has 1 saturated heterocycles. The van der Waals surface area contributed by atoms with Crippen molar-refractivity contribution >= 4 is 23.4 Å². The Morgan fingerprint density at radius 1 is 1.05 bits per heavy atom. The van der Waals surface area contributed by atoms with Crippen LogP contribution in [0.3, 0.4) is 0 Å². The van der Waals surface area contributed by atoms with Gasteiger partial charge in [0.2, 0.25) is 0 Å². The number of pyridine rings is 1. The van der Waals surface area contributed by atoms with Gasteiger partial charge in [0.1, 0.15) is 0 Å². The van der Waals surface area contributed by atoms with Crippen LogP contribution in [0.1, 0.15) is 35.8 Å². The summed E-state index contributed by atoms with van der Waals surface area (Å²) in [4.78, 5) is 32.6. The fourth-order valence-corrected chi connectivity index (χ4v) is 4.66. The second-order valence-electron chi connectivity index (χ2n) is 9.31. The maximum absolute atomic E-state index is 14.3. The van der Waals surface area contributed by atoms with Crippen LogP contribution in [0.4, 0.5) is 24.7 Å². The fraction of sp³-hybridized carbons (Fsp3) is 0.286. The van der Waals surface area contributed by atoms with E-state index in [0.717, 1.165) is 11.1 Å². The highest BCUT2D eigenvalue weighted by molar-refractivity contribution is 6.05. The molecule has 4 heterocycles. The minimum absolute atomic E-state index is 0.0228. The summed E-state index contributed by atoms with van der Waals surface area (Å²) in [7, 11) is 0. The van der Waals surface area contributed by atoms with Gasteiger partial charge in [-0.2, -0.15) is 33.2 Å². The first-order chi connectivity index (χ1) is 19.8. The zero-order chi connectivity index (χ0) is 29.0. The van der Waals surface area contributed by atoms with Crippen molar-refractivity contribution in [2.75, 3.05) is 29.6 Å². The van der Waals surface area contributed by atoms with Gasteiger partial charge >= 0.3 is 12.1 Å². The number of nitrogens with zero attached hydrogens (tertiary/aromatic N) is 7. The largest absolute Gasteiger partial charge is 0.466 e. The maximum Gasteiger partial charge on any atom is 0.435 e. The van der Waals surface area contributed by atoms with Crippen LogP contribution in [0.5, 0.6) is 0 Å². The fourth-order valence-electron chi connectivity index (χ4n) is 4.66. The summed E-state index contributed by atoms with van der Waals surface area (Å²) >= 11 is 0. The third-order valence-electron chi connectivity index (χ3n) is 6.67. The van der Waals surface area contributed by atoms with Crippen molar-refractivity contribution in [3.05, 3.63) is 84.4 Å². The van der Waals surface area contributed by atoms with Crippen LogP contribution in [0.25, 0.3) is 11.3 Å². The summed E-state index contributed by atoms with van der Waals surface area (Å²) in [5.74, 6) is -1.36. The smallest absolute Gasteiger partial charge is 0.435 e. The average molecular weight is 566 g/mol. The van der Waals surface area contributed by atoms with Crippen molar-refractivity contribution < 1.29 is 27.5 Å². The Hall–Kier alpha value is -4.81. The van der Waals surface area contributed by atoms with E-state index in [4.69, 9.17) is 4.74 Å². The SMILES string of the molecule is CCOC(=O)C1CCN(c2cccc(C(=O)N(c3cccnn3)n3nc(-c4cccnc4)cc3C(F)(F)F)c2)CC1. The van der Waals surface area contributed by atoms with E-state index in [1.807, 2.05) is 11.0 Å². The second kappa shape index (κ2) is 11.7. The van der Waals surface area contributed by atoms with Gasteiger partial charge in [0.15, 0.2) is 11.5 Å². The van der Waals surface area contributed by atoms with Gasteiger partial charge < -0.3 is 9.64 Å². The van der Waals surface area contributed by atoms with Gasteiger partial charge in [0.25, 0.3) is 5.91 Å². The van der Waals surface area contributed by atoms with E-state index in [1.165, 1.54) is 36.8 Å². The van der Waals surface area contributed by atoms with Crippen molar-refractivity contribution in [1.29, 1.82) is 0 Å². The summed E-state index contributed by atoms with van der Waals surface area (Å²) in [6.07, 6.45) is 0.549. The number of amides is 1. The first-order valence-corrected chi connectivity index (χ1v) is 13.0. The highest BCUT2D eigenvalue weighted by Gasteiger charge is 2.40. The van der Waals surface area contributed by atoms with Crippen LogP contribution in [-0.4, -0.2) is 56.6 Å². The van der Waals surface area contributed by atoms with E-state index in [-0.39, 0.29) is 29.0 Å². The molecule has 13 heteroatoms. The summed E-state index contributed by atoms with van der Waals surface area (Å²) in [5.41, 5.74) is -0.0357. The Bertz CT molecular complexity index is 1510. The molecule has 1 aliphatic rings. The molecule has 4 aromatic rings. The Labute approximate surface area is 233 Å². The molecule has 0 spiro atoms. The highest BCUT2D eigenvalue weighted by atomic mass is 19.4. The lowest BCUT2D eigenvalue weighted by molar-refractivity contribution is -0.148. The highest BCUT2D eigenvalue weighted by Crippen LogP contribution is 2.34. The van der Waals surface area contributed by atoms with Crippen molar-refractivity contribution in [1.82, 2.24) is 25.1 Å². The molecule has 1 aliphatic heterocycles. The van der Waals surface area contributed by atoms with Gasteiger partial charge in [0.05, 0.1) is 18.2 Å². The molecule has 0 N–H and O–H groups in total. The van der Waals surface area contributed by atoms with E-state index in [2.05, 4.69) is 20.3 Å². The van der Waals surface area contributed by atoms with E-state index >= 15 is 0 Å². The molecule has 0 bridgehead atoms. The number of piperidine rings is 1. The molecule has 1 amide bonds. The predicted molar refractivity (Wildman–Crippen MR) is 143 cm³/mol. The van der Waals surface area contributed by atoms with Gasteiger partial charge in [-0.15, -0.1) is 5.10 Å². The lowest BCUT2D eigenvalue weighted by atomic mass is 9.96. The van der Waals surface area contributed by atoms with Gasteiger partial charge in [-0.3, -0.25) is 14.6 Å². The number of ether oxygens (including phenoxy) is 1. The topological polar surface area (TPSA) is 106 Å². The molecule has 10 nitrogen and oxygen atoms in total. The minimum Gasteiger partial charge on any atom is -0.466 e. The molecular weight excluding hydrogens is 539 g/mol. The third-order valence-corrected chi connectivity index (χ3v) is 6.67. The van der Waals surface area contributed by atoms with Crippen LogP contribution in [0.15, 0.2) is 73.2 Å². The normalized spacial score (nSPS) is 14.1. The number of esters is 1. The summed E-state index contributed by atoms with van der Waals surface area (Å²) in [6, 6.07) is 13.4. The van der Waals surface area contributed by atoms with E-state index in [0.29, 0.717) is 48.6 Å². The third kappa shape index (κ3) is 6.03. The Morgan fingerprint density at radius 2 is 1.83 bits per heavy atom. The van der Waals surface area contributed by atoms with Crippen LogP contribution >= 0.6 is 0 Å². The minimum atomic E-state index is -4.85. The Morgan fingerprint density at radius 3 is 2.49 bits per heavy atom. The van der Waals surface area contributed by atoms with Crippen molar-refractivity contribution in [3.63, 3.8) is 0 Å². The maximum atomic E-state index is 14.3. The number of carbonyl (C=O) groups excluding carboxylic acids is 2. The zero-order valence-corrected chi connectivity index (χ0v) is 22.0. The average Bonchev–Trinajstić information content (AvgIpc) is 3.44. The van der Waals surface area contributed by atoms with Gasteiger partial charge in [-0.25, -0.2) is 0 Å². The lowest BCUT2D eigenvalue weighted by Gasteiger charge is -2.33. The van der Waals surface area contributed by atoms with Crippen molar-refractivity contribution in [3.8, 4) is 11.3 Å². The number of anilines is 2. The molecular formula is C28H26F3N7O3. The second-order valence-corrected chi connectivity index (χ2v) is 9.31. The van der Waals surface area contributed by atoms with Crippen LogP contribution < -0.4 is 9.91 Å². The van der Waals surface area contributed by atoms with Crippen molar-refractivity contribution in [2.24, 2.45) is 5.92 Å². The summed E-state index contributed by atoms with van der Waals surface area (Å²) < 4.78 is 48.0. The predicted octanol–water partition coefficient (Wildman–Crippen LogP) is 4.64. The van der Waals surface area contributed by atoms with E-state index in [1.54, 1.807) is 31.2 Å². The van der Waals surface area contributed by atoms with Crippen molar-refractivity contribution in [2.45, 2.75) is 25.9 Å². The number of halogens is 3. The Kier molecular flexibility index (Phi) is 7.95. The molecule has 212 valence electrons. The first-order valence-electron chi connectivity index (χ1n) is 13.0. The number of carbonyl (C=O) groups is 2. The van der Waals surface area contributed by atoms with Gasteiger partial charge in [0, 0.05) is 48.5 Å². The van der Waals surface area contributed by atoms with Gasteiger partial charge in [-0.1, -0.05) is 6.07 Å². The molecule has 0 atom stereocenters. The number of rotatable bonds is 7. The molecule has 0 unspecified atom stereocenters. The number of benzene rings is 1. The first kappa shape index (κ1) is 27.7. The van der Waals surface area contributed by atoms with Crippen LogP contribution in [-0.2, 0) is 15.7 Å². The zero-order valence-electron chi connectivity index (χ0n) is 22.0. The van der Waals surface area contributed by atoms with Crippen LogP contribution in [0, 0.1) is 5.92 Å². The summed E-state index contributed by atoms with van der Waals surface area (Å²) in [6.45, 7) is 3.20. The molecule has 3 aromatic heterocycles. The van der Waals surface area contributed by atoms with E-state index < -0.39 is 17.8 Å². The van der Waals surface area contributed by atoms with E-state index in [9.17, 15) is 22.8 Å². The lowest BCUT2D eigenvalue weighted by Crippen LogP contribution is -2.40. The number of hydrogen-bond donors (Lipinski definition) is 0. The number of aromatic nitrogens is 5. The molecule has 5 rings (SSSR count). The molecule has 0 saturated carbocycles. The number of hydrogen-bond acceptors (Lipinski definition) is 8. The monoisotopic (exact) mass is 565 g/mol. The molecule has 0 radical (unpaired) electrons. The standard InChI is InChI=1S/C28H26F3N7O3/c1-2-41-27(40)19-10-14-36(15-11-19)22-8-3-6-20(16-22)26(39)37(25-9-5-13-33-34-25)38-24(28(29,30)31)17-23(35-38)21-7-4-12-32-18-21/h3-9,12-13,16-19H,2,10-11,14-15H2,1H3. The molecule has 41 heavy (non-hydrogen) atoms. The number of alkyl halides is 3. The quantitative estimate of drug-likeness (QED) is 0.299. The molecule has 1 fully saturated rings. The molecule has 0 aliphatic carbocycles. The van der Waals surface area contributed by atoms with Crippen LogP contribution in [0.2, 0.25) is 0 Å².